The second-order valence-corrected chi connectivity index (χ2v) is 3.77. The molecule has 0 bridgehead atoms. The summed E-state index contributed by atoms with van der Waals surface area (Å²) in [7, 11) is 0. The van der Waals surface area contributed by atoms with Gasteiger partial charge < -0.3 is 5.11 Å². The summed E-state index contributed by atoms with van der Waals surface area (Å²) in [6.45, 7) is 0. The monoisotopic (exact) mass is 222 g/mol. The molecule has 3 heteroatoms. The van der Waals surface area contributed by atoms with E-state index in [0.717, 1.165) is 10.9 Å². The summed E-state index contributed by atoms with van der Waals surface area (Å²) in [6.07, 6.45) is 1.77. The Balaban J connectivity index is 2.22. The van der Waals surface area contributed by atoms with Crippen LogP contribution in [0.5, 0.6) is 5.75 Å². The zero-order valence-corrected chi connectivity index (χ0v) is 9.04. The first-order chi connectivity index (χ1) is 8.34. The van der Waals surface area contributed by atoms with Crippen LogP contribution in [0.25, 0.3) is 22.3 Å². The quantitative estimate of drug-likeness (QED) is 0.688. The number of aromatic nitrogens is 2. The number of nitrogens with zero attached hydrogens (tertiary/aromatic N) is 2. The molecule has 0 spiro atoms. The van der Waals surface area contributed by atoms with E-state index in [0.29, 0.717) is 11.4 Å². The Kier molecular flexibility index (Phi) is 2.22. The molecule has 0 fully saturated rings. The molecule has 0 saturated heterocycles. The Morgan fingerprint density at radius 1 is 0.882 bits per heavy atom. The molecule has 0 aliphatic heterocycles. The third-order valence-electron chi connectivity index (χ3n) is 2.63. The van der Waals surface area contributed by atoms with E-state index < -0.39 is 0 Å². The fraction of sp³-hybridized carbons (Fsp3) is 0. The molecule has 2 aromatic carbocycles. The number of hydrogen-bond donors (Lipinski definition) is 1. The zero-order valence-electron chi connectivity index (χ0n) is 9.04. The number of fused-ring (bicyclic) bond motifs is 1. The van der Waals surface area contributed by atoms with Gasteiger partial charge in [-0.2, -0.15) is 0 Å². The van der Waals surface area contributed by atoms with Crippen LogP contribution in [0.2, 0.25) is 0 Å². The van der Waals surface area contributed by atoms with Crippen LogP contribution in [0.15, 0.2) is 54.7 Å². The van der Waals surface area contributed by atoms with Gasteiger partial charge in [0.15, 0.2) is 5.82 Å². The highest BCUT2D eigenvalue weighted by Gasteiger charge is 2.06. The van der Waals surface area contributed by atoms with Crippen LogP contribution in [0.1, 0.15) is 0 Å². The minimum atomic E-state index is 0.197. The van der Waals surface area contributed by atoms with Gasteiger partial charge in [0, 0.05) is 11.6 Å². The third kappa shape index (κ3) is 1.72. The highest BCUT2D eigenvalue weighted by molar-refractivity contribution is 5.80. The molecule has 0 radical (unpaired) electrons. The van der Waals surface area contributed by atoms with Crippen molar-refractivity contribution in [3.05, 3.63) is 54.7 Å². The fourth-order valence-corrected chi connectivity index (χ4v) is 1.76. The van der Waals surface area contributed by atoms with Crippen LogP contribution in [-0.4, -0.2) is 15.1 Å². The Morgan fingerprint density at radius 3 is 2.53 bits per heavy atom. The van der Waals surface area contributed by atoms with E-state index in [2.05, 4.69) is 9.97 Å². The SMILES string of the molecule is Oc1ccccc1-c1ncc2ccccc2n1. The van der Waals surface area contributed by atoms with E-state index in [1.165, 1.54) is 0 Å². The molecule has 0 aliphatic carbocycles. The first-order valence-electron chi connectivity index (χ1n) is 5.35. The van der Waals surface area contributed by atoms with Gasteiger partial charge in [0.2, 0.25) is 0 Å². The number of rotatable bonds is 1. The van der Waals surface area contributed by atoms with Crippen LogP contribution in [-0.2, 0) is 0 Å². The predicted molar refractivity (Wildman–Crippen MR) is 66.6 cm³/mol. The summed E-state index contributed by atoms with van der Waals surface area (Å²) in [5.41, 5.74) is 1.53. The van der Waals surface area contributed by atoms with Gasteiger partial charge in [-0.05, 0) is 18.2 Å². The third-order valence-corrected chi connectivity index (χ3v) is 2.63. The van der Waals surface area contributed by atoms with E-state index >= 15 is 0 Å². The first-order valence-corrected chi connectivity index (χ1v) is 5.35. The van der Waals surface area contributed by atoms with E-state index in [1.54, 1.807) is 24.4 Å². The van der Waals surface area contributed by atoms with Crippen molar-refractivity contribution in [3.63, 3.8) is 0 Å². The lowest BCUT2D eigenvalue weighted by Gasteiger charge is -2.03. The molecule has 0 amide bonds. The molecule has 3 aromatic rings. The number of phenols is 1. The lowest BCUT2D eigenvalue weighted by atomic mass is 10.1. The van der Waals surface area contributed by atoms with Gasteiger partial charge in [-0.25, -0.2) is 9.97 Å². The number of para-hydroxylation sites is 2. The number of hydrogen-bond acceptors (Lipinski definition) is 3. The largest absolute Gasteiger partial charge is 0.507 e. The highest BCUT2D eigenvalue weighted by atomic mass is 16.3. The average molecular weight is 222 g/mol. The van der Waals surface area contributed by atoms with Crippen molar-refractivity contribution in [1.29, 1.82) is 0 Å². The fourth-order valence-electron chi connectivity index (χ4n) is 1.76. The molecule has 1 aromatic heterocycles. The van der Waals surface area contributed by atoms with E-state index in [9.17, 15) is 5.11 Å². The summed E-state index contributed by atoms with van der Waals surface area (Å²) in [6, 6.07) is 14.8. The molecular formula is C14H10N2O. The van der Waals surface area contributed by atoms with Crippen molar-refractivity contribution in [1.82, 2.24) is 9.97 Å². The van der Waals surface area contributed by atoms with Gasteiger partial charge in [-0.3, -0.25) is 0 Å². The number of benzene rings is 2. The van der Waals surface area contributed by atoms with Crippen molar-refractivity contribution in [3.8, 4) is 17.1 Å². The number of aromatic hydroxyl groups is 1. The van der Waals surface area contributed by atoms with Crippen LogP contribution in [0, 0.1) is 0 Å². The summed E-state index contributed by atoms with van der Waals surface area (Å²) >= 11 is 0. The standard InChI is InChI=1S/C14H10N2O/c17-13-8-4-2-6-11(13)14-15-9-10-5-1-3-7-12(10)16-14/h1-9,17H. The normalized spacial score (nSPS) is 10.6. The molecule has 3 nitrogen and oxygen atoms in total. The second-order valence-electron chi connectivity index (χ2n) is 3.77. The molecule has 1 heterocycles. The molecule has 17 heavy (non-hydrogen) atoms. The average Bonchev–Trinajstić information content (AvgIpc) is 2.39. The van der Waals surface area contributed by atoms with Crippen molar-refractivity contribution >= 4 is 10.9 Å². The Labute approximate surface area is 98.4 Å². The van der Waals surface area contributed by atoms with Crippen LogP contribution in [0.3, 0.4) is 0 Å². The van der Waals surface area contributed by atoms with Gasteiger partial charge in [-0.1, -0.05) is 30.3 Å². The van der Waals surface area contributed by atoms with Crippen LogP contribution >= 0.6 is 0 Å². The van der Waals surface area contributed by atoms with Crippen molar-refractivity contribution < 1.29 is 5.11 Å². The van der Waals surface area contributed by atoms with Gasteiger partial charge >= 0.3 is 0 Å². The Hall–Kier alpha value is -2.42. The maximum atomic E-state index is 9.76. The van der Waals surface area contributed by atoms with Crippen molar-refractivity contribution in [2.24, 2.45) is 0 Å². The zero-order chi connectivity index (χ0) is 11.7. The predicted octanol–water partition coefficient (Wildman–Crippen LogP) is 3.00. The topological polar surface area (TPSA) is 46.0 Å². The van der Waals surface area contributed by atoms with Gasteiger partial charge in [-0.15, -0.1) is 0 Å². The maximum Gasteiger partial charge on any atom is 0.163 e. The molecule has 3 rings (SSSR count). The smallest absolute Gasteiger partial charge is 0.163 e. The van der Waals surface area contributed by atoms with E-state index in [1.807, 2.05) is 30.3 Å². The molecular weight excluding hydrogens is 212 g/mol. The van der Waals surface area contributed by atoms with Crippen molar-refractivity contribution in [2.75, 3.05) is 0 Å². The maximum absolute atomic E-state index is 9.76. The molecule has 0 saturated carbocycles. The van der Waals surface area contributed by atoms with Gasteiger partial charge in [0.25, 0.3) is 0 Å². The minimum Gasteiger partial charge on any atom is -0.507 e. The van der Waals surface area contributed by atoms with Gasteiger partial charge in [0.1, 0.15) is 5.75 Å². The van der Waals surface area contributed by atoms with Crippen LogP contribution in [0.4, 0.5) is 0 Å². The summed E-state index contributed by atoms with van der Waals surface area (Å²) < 4.78 is 0. The second kappa shape index (κ2) is 3.87. The van der Waals surface area contributed by atoms with E-state index in [4.69, 9.17) is 0 Å². The number of phenolic OH excluding ortho intramolecular Hbond substituents is 1. The lowest BCUT2D eigenvalue weighted by Crippen LogP contribution is -1.89. The minimum absolute atomic E-state index is 0.197. The molecule has 82 valence electrons. The van der Waals surface area contributed by atoms with Gasteiger partial charge in [0.05, 0.1) is 11.1 Å². The first kappa shape index (κ1) is 9.78. The molecule has 0 atom stereocenters. The summed E-state index contributed by atoms with van der Waals surface area (Å²) in [5.74, 6) is 0.740. The molecule has 0 aliphatic rings. The lowest BCUT2D eigenvalue weighted by molar-refractivity contribution is 0.477. The Bertz CT molecular complexity index is 680. The highest BCUT2D eigenvalue weighted by Crippen LogP contribution is 2.26. The van der Waals surface area contributed by atoms with Crippen molar-refractivity contribution in [2.45, 2.75) is 0 Å². The Morgan fingerprint density at radius 2 is 1.65 bits per heavy atom. The summed E-state index contributed by atoms with van der Waals surface area (Å²) in [5, 5.41) is 10.7. The summed E-state index contributed by atoms with van der Waals surface area (Å²) in [4.78, 5) is 8.70. The van der Waals surface area contributed by atoms with Crippen LogP contribution < -0.4 is 0 Å². The molecule has 1 N–H and O–H groups in total. The molecule has 0 unspecified atom stereocenters. The van der Waals surface area contributed by atoms with E-state index in [-0.39, 0.29) is 5.75 Å².